The minimum atomic E-state index is -0.0186. The first kappa shape index (κ1) is 16.7. The number of hydrogen-bond donors (Lipinski definition) is 1. The van der Waals surface area contributed by atoms with Crippen molar-refractivity contribution in [3.8, 4) is 0 Å². The molecule has 1 saturated heterocycles. The van der Waals surface area contributed by atoms with Gasteiger partial charge in [0.15, 0.2) is 5.69 Å². The summed E-state index contributed by atoms with van der Waals surface area (Å²) in [5.41, 5.74) is 1.62. The summed E-state index contributed by atoms with van der Waals surface area (Å²) in [6.45, 7) is 2.39. The second-order valence-corrected chi connectivity index (χ2v) is 6.40. The van der Waals surface area contributed by atoms with E-state index in [0.29, 0.717) is 11.5 Å². The minimum absolute atomic E-state index is 0.0186. The fourth-order valence-corrected chi connectivity index (χ4v) is 2.91. The molecule has 1 amide bonds. The van der Waals surface area contributed by atoms with E-state index in [4.69, 9.17) is 11.6 Å². The Labute approximate surface area is 147 Å². The highest BCUT2D eigenvalue weighted by atomic mass is 35.5. The summed E-state index contributed by atoms with van der Waals surface area (Å²) >= 11 is 5.87. The van der Waals surface area contributed by atoms with Crippen LogP contribution in [0.5, 0.6) is 0 Å². The van der Waals surface area contributed by atoms with Crippen molar-refractivity contribution in [2.75, 3.05) is 25.0 Å². The number of carbonyl (C=O) groups excluding carboxylic acids is 1. The molecule has 1 aliphatic heterocycles. The number of benzene rings is 1. The maximum Gasteiger partial charge on any atom is 0.274 e. The van der Waals surface area contributed by atoms with Gasteiger partial charge in [0, 0.05) is 24.7 Å². The molecule has 3 rings (SSSR count). The largest absolute Gasteiger partial charge is 0.368 e. The van der Waals surface area contributed by atoms with Gasteiger partial charge in [-0.3, -0.25) is 4.79 Å². The van der Waals surface area contributed by atoms with Gasteiger partial charge in [0.2, 0.25) is 0 Å². The number of aromatic nitrogens is 2. The molecule has 24 heavy (non-hydrogen) atoms. The molecule has 5 nitrogen and oxygen atoms in total. The average Bonchev–Trinajstić information content (AvgIpc) is 2.64. The number of likely N-dealkylation sites (tertiary alicyclic amines) is 1. The second-order valence-electron chi connectivity index (χ2n) is 5.96. The van der Waals surface area contributed by atoms with Crippen LogP contribution in [0.2, 0.25) is 5.02 Å². The van der Waals surface area contributed by atoms with Gasteiger partial charge < -0.3 is 10.2 Å². The summed E-state index contributed by atoms with van der Waals surface area (Å²) in [5, 5.41) is 12.1. The fourth-order valence-electron chi connectivity index (χ4n) is 2.79. The topological polar surface area (TPSA) is 58.1 Å². The van der Waals surface area contributed by atoms with Crippen LogP contribution >= 0.6 is 11.6 Å². The third kappa shape index (κ3) is 4.45. The van der Waals surface area contributed by atoms with Gasteiger partial charge >= 0.3 is 0 Å². The van der Waals surface area contributed by atoms with Gasteiger partial charge in [-0.1, -0.05) is 23.7 Å². The molecule has 2 heterocycles. The summed E-state index contributed by atoms with van der Waals surface area (Å²) in [4.78, 5) is 14.2. The summed E-state index contributed by atoms with van der Waals surface area (Å²) in [7, 11) is 0. The third-order valence-corrected chi connectivity index (χ3v) is 4.41. The Balaban J connectivity index is 1.50. The standard InChI is InChI=1S/C18H21ClN4O/c19-15-6-4-14(5-7-15)10-11-20-17-9-8-16(21-22-17)18(24)23-12-2-1-3-13-23/h4-9H,1-3,10-13H2,(H,20,22). The number of anilines is 1. The maximum atomic E-state index is 12.3. The van der Waals surface area contributed by atoms with Crippen molar-refractivity contribution in [1.29, 1.82) is 0 Å². The first-order valence-electron chi connectivity index (χ1n) is 8.34. The zero-order valence-corrected chi connectivity index (χ0v) is 14.3. The summed E-state index contributed by atoms with van der Waals surface area (Å²) in [6.07, 6.45) is 4.21. The van der Waals surface area contributed by atoms with Crippen LogP contribution in [0.4, 0.5) is 5.82 Å². The summed E-state index contributed by atoms with van der Waals surface area (Å²) in [5.74, 6) is 0.661. The number of nitrogens with zero attached hydrogens (tertiary/aromatic N) is 3. The molecule has 1 aromatic heterocycles. The number of piperidine rings is 1. The number of rotatable bonds is 5. The molecule has 0 unspecified atom stereocenters. The lowest BCUT2D eigenvalue weighted by atomic mass is 10.1. The van der Waals surface area contributed by atoms with Crippen molar-refractivity contribution in [2.24, 2.45) is 0 Å². The molecule has 0 aliphatic carbocycles. The van der Waals surface area contributed by atoms with Crippen molar-refractivity contribution >= 4 is 23.3 Å². The Bertz CT molecular complexity index is 666. The van der Waals surface area contributed by atoms with Crippen LogP contribution in [0.25, 0.3) is 0 Å². The Morgan fingerprint density at radius 3 is 2.46 bits per heavy atom. The normalized spacial score (nSPS) is 14.5. The maximum absolute atomic E-state index is 12.3. The number of carbonyl (C=O) groups is 1. The number of nitrogens with one attached hydrogen (secondary N) is 1. The molecule has 0 radical (unpaired) electrons. The molecule has 126 valence electrons. The van der Waals surface area contributed by atoms with E-state index in [1.807, 2.05) is 35.2 Å². The highest BCUT2D eigenvalue weighted by molar-refractivity contribution is 6.30. The molecule has 0 bridgehead atoms. The zero-order valence-electron chi connectivity index (χ0n) is 13.5. The van der Waals surface area contributed by atoms with Gasteiger partial charge in [-0.2, -0.15) is 0 Å². The van der Waals surface area contributed by atoms with Crippen LogP contribution in [0.1, 0.15) is 35.3 Å². The van der Waals surface area contributed by atoms with Crippen molar-refractivity contribution < 1.29 is 4.79 Å². The Kier molecular flexibility index (Phi) is 5.64. The van der Waals surface area contributed by atoms with E-state index >= 15 is 0 Å². The van der Waals surface area contributed by atoms with Gasteiger partial charge in [0.05, 0.1) is 0 Å². The summed E-state index contributed by atoms with van der Waals surface area (Å²) in [6, 6.07) is 11.3. The molecule has 1 fully saturated rings. The van der Waals surface area contributed by atoms with Gasteiger partial charge in [-0.15, -0.1) is 10.2 Å². The summed E-state index contributed by atoms with van der Waals surface area (Å²) < 4.78 is 0. The molecule has 1 aliphatic rings. The molecule has 0 atom stereocenters. The lowest BCUT2D eigenvalue weighted by Gasteiger charge is -2.26. The van der Waals surface area contributed by atoms with E-state index in [1.165, 1.54) is 12.0 Å². The SMILES string of the molecule is O=C(c1ccc(NCCc2ccc(Cl)cc2)nn1)N1CCCCC1. The van der Waals surface area contributed by atoms with Crippen LogP contribution in [-0.4, -0.2) is 40.6 Å². The van der Waals surface area contributed by atoms with Crippen LogP contribution in [0.15, 0.2) is 36.4 Å². The monoisotopic (exact) mass is 344 g/mol. The molecule has 2 aromatic rings. The minimum Gasteiger partial charge on any atom is -0.368 e. The Morgan fingerprint density at radius 1 is 1.04 bits per heavy atom. The predicted octanol–water partition coefficient (Wildman–Crippen LogP) is 3.41. The van der Waals surface area contributed by atoms with Crippen molar-refractivity contribution in [2.45, 2.75) is 25.7 Å². The second kappa shape index (κ2) is 8.11. The van der Waals surface area contributed by atoms with E-state index < -0.39 is 0 Å². The smallest absolute Gasteiger partial charge is 0.274 e. The molecule has 0 spiro atoms. The quantitative estimate of drug-likeness (QED) is 0.903. The lowest BCUT2D eigenvalue weighted by Crippen LogP contribution is -2.36. The van der Waals surface area contributed by atoms with Gasteiger partial charge in [0.25, 0.3) is 5.91 Å². The highest BCUT2D eigenvalue weighted by Crippen LogP contribution is 2.13. The highest BCUT2D eigenvalue weighted by Gasteiger charge is 2.19. The average molecular weight is 345 g/mol. The zero-order chi connectivity index (χ0) is 16.8. The van der Waals surface area contributed by atoms with Crippen LogP contribution in [-0.2, 0) is 6.42 Å². The van der Waals surface area contributed by atoms with Crippen LogP contribution in [0.3, 0.4) is 0 Å². The molecule has 0 saturated carbocycles. The van der Waals surface area contributed by atoms with Gasteiger partial charge in [-0.05, 0) is 55.5 Å². The van der Waals surface area contributed by atoms with Crippen molar-refractivity contribution in [1.82, 2.24) is 15.1 Å². The Morgan fingerprint density at radius 2 is 1.79 bits per heavy atom. The molecular weight excluding hydrogens is 324 g/mol. The van der Waals surface area contributed by atoms with Crippen LogP contribution in [0, 0.1) is 0 Å². The fraction of sp³-hybridized carbons (Fsp3) is 0.389. The van der Waals surface area contributed by atoms with Crippen molar-refractivity contribution in [3.05, 3.63) is 52.7 Å². The molecule has 6 heteroatoms. The number of halogens is 1. The van der Waals surface area contributed by atoms with Gasteiger partial charge in [-0.25, -0.2) is 0 Å². The first-order chi connectivity index (χ1) is 11.7. The predicted molar refractivity (Wildman–Crippen MR) is 95.4 cm³/mol. The molecule has 1 N–H and O–H groups in total. The van der Waals surface area contributed by atoms with E-state index in [2.05, 4.69) is 15.5 Å². The third-order valence-electron chi connectivity index (χ3n) is 4.16. The van der Waals surface area contributed by atoms with E-state index in [-0.39, 0.29) is 5.91 Å². The number of amides is 1. The van der Waals surface area contributed by atoms with Crippen molar-refractivity contribution in [3.63, 3.8) is 0 Å². The van der Waals surface area contributed by atoms with E-state index in [1.54, 1.807) is 6.07 Å². The van der Waals surface area contributed by atoms with Gasteiger partial charge in [0.1, 0.15) is 5.82 Å². The van der Waals surface area contributed by atoms with E-state index in [0.717, 1.165) is 43.9 Å². The lowest BCUT2D eigenvalue weighted by molar-refractivity contribution is 0.0717. The molecular formula is C18H21ClN4O. The number of hydrogen-bond acceptors (Lipinski definition) is 4. The Hall–Kier alpha value is -2.14. The first-order valence-corrected chi connectivity index (χ1v) is 8.71. The van der Waals surface area contributed by atoms with Crippen LogP contribution < -0.4 is 5.32 Å². The van der Waals surface area contributed by atoms with E-state index in [9.17, 15) is 4.79 Å². The molecule has 1 aromatic carbocycles.